The molecule has 4 aromatic rings. The van der Waals surface area contributed by atoms with Gasteiger partial charge in [-0.25, -0.2) is 9.97 Å². The molecule has 2 amide bonds. The highest BCUT2D eigenvalue weighted by Gasteiger charge is 2.54. The van der Waals surface area contributed by atoms with Crippen molar-refractivity contribution in [3.05, 3.63) is 76.3 Å². The van der Waals surface area contributed by atoms with Gasteiger partial charge in [-0.05, 0) is 67.9 Å². The zero-order valence-corrected chi connectivity index (χ0v) is 20.8. The highest BCUT2D eigenvalue weighted by atomic mass is 32.1. The summed E-state index contributed by atoms with van der Waals surface area (Å²) in [6.07, 6.45) is 4.54. The molecule has 35 heavy (non-hydrogen) atoms. The molecule has 1 aliphatic heterocycles. The van der Waals surface area contributed by atoms with Gasteiger partial charge in [0, 0.05) is 19.3 Å². The lowest BCUT2D eigenvalue weighted by atomic mass is 10.0. The molecule has 1 aromatic carbocycles. The third kappa shape index (κ3) is 3.82. The number of aromatic nitrogens is 3. The smallest absolute Gasteiger partial charge is 0.274 e. The normalized spacial score (nSPS) is 20.8. The van der Waals surface area contributed by atoms with E-state index in [1.165, 1.54) is 11.1 Å². The maximum Gasteiger partial charge on any atom is 0.274 e. The topological polar surface area (TPSA) is 79.6 Å². The monoisotopic (exact) mass is 485 g/mol. The number of carbonyl (C=O) groups excluding carboxylic acids is 2. The van der Waals surface area contributed by atoms with Gasteiger partial charge in [0.05, 0.1) is 22.1 Å². The molecule has 2 fully saturated rings. The number of nitrogens with zero attached hydrogens (tertiary/aromatic N) is 4. The average Bonchev–Trinajstić information content (AvgIpc) is 3.18. The van der Waals surface area contributed by atoms with Crippen LogP contribution in [0.15, 0.2) is 48.8 Å². The number of piperidine rings is 1. The predicted octanol–water partition coefficient (Wildman–Crippen LogP) is 4.27. The van der Waals surface area contributed by atoms with Crippen LogP contribution in [0.3, 0.4) is 0 Å². The fourth-order valence-electron chi connectivity index (χ4n) is 5.24. The van der Waals surface area contributed by atoms with Gasteiger partial charge >= 0.3 is 0 Å². The first-order valence-corrected chi connectivity index (χ1v) is 12.8. The summed E-state index contributed by atoms with van der Waals surface area (Å²) in [6, 6.07) is 11.9. The molecule has 1 aliphatic carbocycles. The van der Waals surface area contributed by atoms with E-state index in [1.54, 1.807) is 21.9 Å². The van der Waals surface area contributed by atoms with Gasteiger partial charge in [-0.3, -0.25) is 14.0 Å². The number of rotatable bonds is 5. The number of amides is 2. The van der Waals surface area contributed by atoms with Crippen LogP contribution in [-0.4, -0.2) is 50.2 Å². The van der Waals surface area contributed by atoms with Gasteiger partial charge in [-0.15, -0.1) is 11.3 Å². The van der Waals surface area contributed by atoms with Crippen LogP contribution in [0.2, 0.25) is 0 Å². The second-order valence-electron chi connectivity index (χ2n) is 9.68. The fourth-order valence-corrected chi connectivity index (χ4v) is 6.15. The molecule has 3 aromatic heterocycles. The van der Waals surface area contributed by atoms with Gasteiger partial charge in [-0.1, -0.05) is 24.3 Å². The van der Waals surface area contributed by atoms with Crippen molar-refractivity contribution in [3.63, 3.8) is 0 Å². The van der Waals surface area contributed by atoms with Crippen LogP contribution in [-0.2, 0) is 0 Å². The van der Waals surface area contributed by atoms with Gasteiger partial charge in [0.25, 0.3) is 11.8 Å². The third-order valence-electron chi connectivity index (χ3n) is 7.39. The van der Waals surface area contributed by atoms with E-state index in [0.29, 0.717) is 29.8 Å². The van der Waals surface area contributed by atoms with Crippen LogP contribution in [0.1, 0.15) is 43.5 Å². The maximum absolute atomic E-state index is 13.8. The molecule has 0 bridgehead atoms. The Kier molecular flexibility index (Phi) is 5.21. The molecule has 178 valence electrons. The molecular weight excluding hydrogens is 458 g/mol. The van der Waals surface area contributed by atoms with E-state index in [9.17, 15) is 9.59 Å². The number of hydrogen-bond donors (Lipinski definition) is 1. The minimum atomic E-state index is -0.180. The number of thiazole rings is 1. The first-order valence-electron chi connectivity index (χ1n) is 12.0. The fraction of sp³-hybridized carbons (Fsp3) is 0.333. The van der Waals surface area contributed by atoms with E-state index >= 15 is 0 Å². The Morgan fingerprint density at radius 3 is 2.83 bits per heavy atom. The Hall–Kier alpha value is -3.52. The number of nitrogens with one attached hydrogen (secondary N) is 1. The molecular formula is C27H27N5O2S. The van der Waals surface area contributed by atoms with Crippen LogP contribution in [0.4, 0.5) is 0 Å². The minimum Gasteiger partial charge on any atom is -0.349 e. The molecule has 0 spiro atoms. The van der Waals surface area contributed by atoms with Crippen molar-refractivity contribution in [1.82, 2.24) is 24.6 Å². The highest BCUT2D eigenvalue weighted by molar-refractivity contribution is 7.15. The number of pyridine rings is 1. The van der Waals surface area contributed by atoms with Crippen molar-refractivity contribution >= 4 is 28.8 Å². The molecule has 4 heterocycles. The molecule has 0 unspecified atom stereocenters. The molecule has 1 saturated heterocycles. The minimum absolute atomic E-state index is 0.0229. The molecule has 7 nitrogen and oxygen atoms in total. The first-order chi connectivity index (χ1) is 16.9. The van der Waals surface area contributed by atoms with Crippen molar-refractivity contribution in [2.45, 2.75) is 33.2 Å². The molecule has 8 heteroatoms. The number of aryl methyl sites for hydroxylation is 3. The zero-order chi connectivity index (χ0) is 24.3. The molecule has 1 saturated carbocycles. The Bertz CT molecular complexity index is 1470. The average molecular weight is 486 g/mol. The first kappa shape index (κ1) is 22.0. The lowest BCUT2D eigenvalue weighted by Gasteiger charge is -2.27. The number of fused-ring (bicyclic) bond motifs is 2. The van der Waals surface area contributed by atoms with E-state index < -0.39 is 0 Å². The van der Waals surface area contributed by atoms with Crippen molar-refractivity contribution in [2.75, 3.05) is 13.1 Å². The maximum atomic E-state index is 13.8. The lowest BCUT2D eigenvalue weighted by molar-refractivity contribution is 0.0690. The lowest BCUT2D eigenvalue weighted by Crippen LogP contribution is -2.46. The predicted molar refractivity (Wildman–Crippen MR) is 136 cm³/mol. The Labute approximate surface area is 207 Å². The Morgan fingerprint density at radius 1 is 1.14 bits per heavy atom. The largest absolute Gasteiger partial charge is 0.349 e. The summed E-state index contributed by atoms with van der Waals surface area (Å²) in [5, 5.41) is 3.94. The SMILES string of the molecule is Cc1nc(C(=O)N2C[C@@H]3C[C@@H]3[C@H]2CNC(=O)c2cnc3ccccn23)c(-c2ccc(C)c(C)c2)s1. The van der Waals surface area contributed by atoms with Crippen molar-refractivity contribution < 1.29 is 9.59 Å². The summed E-state index contributed by atoms with van der Waals surface area (Å²) >= 11 is 1.56. The highest BCUT2D eigenvalue weighted by Crippen LogP contribution is 2.50. The number of imidazole rings is 1. The van der Waals surface area contributed by atoms with Crippen molar-refractivity contribution in [3.8, 4) is 10.4 Å². The van der Waals surface area contributed by atoms with Crippen molar-refractivity contribution in [1.29, 1.82) is 0 Å². The molecule has 6 rings (SSSR count). The number of carbonyl (C=O) groups is 2. The van der Waals surface area contributed by atoms with Gasteiger partial charge < -0.3 is 10.2 Å². The molecule has 1 N–H and O–H groups in total. The number of hydrogen-bond acceptors (Lipinski definition) is 5. The van der Waals surface area contributed by atoms with E-state index in [2.05, 4.69) is 47.3 Å². The van der Waals surface area contributed by atoms with Crippen molar-refractivity contribution in [2.24, 2.45) is 11.8 Å². The summed E-state index contributed by atoms with van der Waals surface area (Å²) in [5.41, 5.74) is 5.21. The summed E-state index contributed by atoms with van der Waals surface area (Å²) in [7, 11) is 0. The molecule has 3 atom stereocenters. The Morgan fingerprint density at radius 2 is 2.00 bits per heavy atom. The number of benzene rings is 1. The van der Waals surface area contributed by atoms with Gasteiger partial charge in [0.2, 0.25) is 0 Å². The zero-order valence-electron chi connectivity index (χ0n) is 20.0. The summed E-state index contributed by atoms with van der Waals surface area (Å²) in [6.45, 7) is 7.27. The van der Waals surface area contributed by atoms with Gasteiger partial charge in [0.15, 0.2) is 0 Å². The van der Waals surface area contributed by atoms with Gasteiger partial charge in [-0.2, -0.15) is 0 Å². The summed E-state index contributed by atoms with van der Waals surface area (Å²) < 4.78 is 1.78. The van der Waals surface area contributed by atoms with E-state index in [1.807, 2.05) is 36.2 Å². The second-order valence-corrected chi connectivity index (χ2v) is 10.9. The summed E-state index contributed by atoms with van der Waals surface area (Å²) in [4.78, 5) is 38.6. The van der Waals surface area contributed by atoms with E-state index in [0.717, 1.165) is 34.1 Å². The molecule has 2 aliphatic rings. The van der Waals surface area contributed by atoms with Gasteiger partial charge in [0.1, 0.15) is 17.0 Å². The standard InChI is InChI=1S/C27H27N5O2S/c1-15-7-8-18(10-16(15)2)25-24(30-17(3)35-25)27(34)32-14-19-11-20(19)21(32)12-29-26(33)22-13-28-23-6-4-5-9-31(22)23/h4-10,13,19-21H,11-12,14H2,1-3H3,(H,29,33)/t19-,20-,21+/m0/s1. The van der Waals surface area contributed by atoms with Crippen LogP contribution < -0.4 is 5.32 Å². The van der Waals surface area contributed by atoms with Crippen LogP contribution in [0.25, 0.3) is 16.1 Å². The summed E-state index contributed by atoms with van der Waals surface area (Å²) in [5.74, 6) is 0.733. The quantitative estimate of drug-likeness (QED) is 0.458. The van der Waals surface area contributed by atoms with E-state index in [4.69, 9.17) is 0 Å². The van der Waals surface area contributed by atoms with Crippen LogP contribution >= 0.6 is 11.3 Å². The number of likely N-dealkylation sites (tertiary alicyclic amines) is 1. The van der Waals surface area contributed by atoms with Crippen LogP contribution in [0, 0.1) is 32.6 Å². The third-order valence-corrected chi connectivity index (χ3v) is 8.41. The molecule has 0 radical (unpaired) electrons. The van der Waals surface area contributed by atoms with Crippen LogP contribution in [0.5, 0.6) is 0 Å². The van der Waals surface area contributed by atoms with E-state index in [-0.39, 0.29) is 17.9 Å². The second kappa shape index (κ2) is 8.30. The Balaban J connectivity index is 1.23.